The van der Waals surface area contributed by atoms with Gasteiger partial charge >= 0.3 is 0 Å². The van der Waals surface area contributed by atoms with Crippen molar-refractivity contribution in [1.82, 2.24) is 0 Å². The lowest BCUT2D eigenvalue weighted by molar-refractivity contribution is 0.0995. The molecule has 0 N–H and O–H groups in total. The quantitative estimate of drug-likeness (QED) is 0.604. The first kappa shape index (κ1) is 10.5. The van der Waals surface area contributed by atoms with E-state index >= 15 is 0 Å². The molecule has 0 saturated heterocycles. The molecule has 0 radical (unpaired) electrons. The fourth-order valence-electron chi connectivity index (χ4n) is 1.01. The summed E-state index contributed by atoms with van der Waals surface area (Å²) in [7, 11) is 0. The van der Waals surface area contributed by atoms with Gasteiger partial charge in [-0.1, -0.05) is 32.3 Å². The van der Waals surface area contributed by atoms with Gasteiger partial charge in [-0.2, -0.15) is 0 Å². The SMILES string of the molecule is CC.CCCC1=NOC(C)C1. The monoisotopic (exact) mass is 157 g/mol. The third-order valence-corrected chi connectivity index (χ3v) is 1.42. The molecule has 1 atom stereocenters. The Morgan fingerprint density at radius 3 is 2.55 bits per heavy atom. The molecular formula is C9H19NO. The zero-order valence-corrected chi connectivity index (χ0v) is 8.05. The minimum absolute atomic E-state index is 0.326. The van der Waals surface area contributed by atoms with Crippen LogP contribution in [0.25, 0.3) is 0 Å². The van der Waals surface area contributed by atoms with Crippen molar-refractivity contribution in [3.05, 3.63) is 0 Å². The topological polar surface area (TPSA) is 21.6 Å². The van der Waals surface area contributed by atoms with Crippen molar-refractivity contribution in [2.75, 3.05) is 0 Å². The largest absolute Gasteiger partial charge is 0.392 e. The first-order valence-electron chi connectivity index (χ1n) is 4.54. The van der Waals surface area contributed by atoms with Gasteiger partial charge in [-0.15, -0.1) is 0 Å². The van der Waals surface area contributed by atoms with Gasteiger partial charge in [0.15, 0.2) is 0 Å². The van der Waals surface area contributed by atoms with E-state index in [-0.39, 0.29) is 0 Å². The molecule has 1 heterocycles. The summed E-state index contributed by atoms with van der Waals surface area (Å²) in [4.78, 5) is 5.01. The molecule has 66 valence electrons. The molecule has 1 rings (SSSR count). The maximum atomic E-state index is 5.01. The highest BCUT2D eigenvalue weighted by molar-refractivity contribution is 5.85. The van der Waals surface area contributed by atoms with Crippen molar-refractivity contribution in [1.29, 1.82) is 0 Å². The number of rotatable bonds is 2. The Labute approximate surface area is 69.6 Å². The van der Waals surface area contributed by atoms with E-state index in [2.05, 4.69) is 12.1 Å². The van der Waals surface area contributed by atoms with Gasteiger partial charge in [0, 0.05) is 6.42 Å². The zero-order valence-electron chi connectivity index (χ0n) is 8.05. The summed E-state index contributed by atoms with van der Waals surface area (Å²) >= 11 is 0. The van der Waals surface area contributed by atoms with Crippen LogP contribution >= 0.6 is 0 Å². The molecule has 0 aliphatic carbocycles. The van der Waals surface area contributed by atoms with Crippen LogP contribution in [0.3, 0.4) is 0 Å². The molecule has 0 aromatic carbocycles. The Morgan fingerprint density at radius 1 is 1.55 bits per heavy atom. The highest BCUT2D eigenvalue weighted by Gasteiger charge is 2.14. The summed E-state index contributed by atoms with van der Waals surface area (Å²) in [6.45, 7) is 8.21. The summed E-state index contributed by atoms with van der Waals surface area (Å²) in [5, 5.41) is 3.92. The van der Waals surface area contributed by atoms with E-state index in [0.717, 1.165) is 12.8 Å². The average Bonchev–Trinajstić information content (AvgIpc) is 2.41. The van der Waals surface area contributed by atoms with Gasteiger partial charge in [-0.3, -0.25) is 0 Å². The number of hydrogen-bond donors (Lipinski definition) is 0. The van der Waals surface area contributed by atoms with Crippen molar-refractivity contribution in [3.8, 4) is 0 Å². The molecule has 0 aromatic rings. The minimum Gasteiger partial charge on any atom is -0.392 e. The molecule has 0 fully saturated rings. The standard InChI is InChI=1S/C7H13NO.C2H6/c1-3-4-7-5-6(2)9-8-7;1-2/h6H,3-5H2,1-2H3;1-2H3. The van der Waals surface area contributed by atoms with Crippen molar-refractivity contribution >= 4 is 5.71 Å². The summed E-state index contributed by atoms with van der Waals surface area (Å²) < 4.78 is 0. The van der Waals surface area contributed by atoms with E-state index in [1.165, 1.54) is 12.1 Å². The highest BCUT2D eigenvalue weighted by atomic mass is 16.6. The van der Waals surface area contributed by atoms with E-state index in [0.29, 0.717) is 6.10 Å². The summed E-state index contributed by atoms with van der Waals surface area (Å²) in [5.74, 6) is 0. The van der Waals surface area contributed by atoms with Crippen molar-refractivity contribution < 1.29 is 4.84 Å². The molecule has 0 bridgehead atoms. The van der Waals surface area contributed by atoms with Gasteiger partial charge in [0.1, 0.15) is 6.10 Å². The van der Waals surface area contributed by atoms with Gasteiger partial charge in [-0.05, 0) is 13.3 Å². The lowest BCUT2D eigenvalue weighted by Gasteiger charge is -1.95. The normalized spacial score (nSPS) is 21.5. The Kier molecular flexibility index (Phi) is 5.90. The Balaban J connectivity index is 0.000000461. The lowest BCUT2D eigenvalue weighted by atomic mass is 10.1. The molecular weight excluding hydrogens is 138 g/mol. The smallest absolute Gasteiger partial charge is 0.130 e. The summed E-state index contributed by atoms with van der Waals surface area (Å²) in [5.41, 5.74) is 1.23. The zero-order chi connectivity index (χ0) is 8.69. The van der Waals surface area contributed by atoms with Crippen LogP contribution in [0.15, 0.2) is 5.16 Å². The molecule has 1 aliphatic rings. The molecule has 1 aliphatic heterocycles. The van der Waals surface area contributed by atoms with Crippen LogP contribution in [-0.4, -0.2) is 11.8 Å². The van der Waals surface area contributed by atoms with Crippen LogP contribution in [-0.2, 0) is 4.84 Å². The second-order valence-electron chi connectivity index (χ2n) is 2.53. The molecule has 0 saturated carbocycles. The van der Waals surface area contributed by atoms with Crippen LogP contribution in [0.4, 0.5) is 0 Å². The highest BCUT2D eigenvalue weighted by Crippen LogP contribution is 2.12. The molecule has 2 nitrogen and oxygen atoms in total. The maximum absolute atomic E-state index is 5.01. The second-order valence-corrected chi connectivity index (χ2v) is 2.53. The van der Waals surface area contributed by atoms with Gasteiger partial charge in [-0.25, -0.2) is 0 Å². The summed E-state index contributed by atoms with van der Waals surface area (Å²) in [6.07, 6.45) is 3.64. The predicted molar refractivity (Wildman–Crippen MR) is 48.9 cm³/mol. The van der Waals surface area contributed by atoms with Crippen LogP contribution in [0.2, 0.25) is 0 Å². The van der Waals surface area contributed by atoms with E-state index in [9.17, 15) is 0 Å². The number of oxime groups is 1. The van der Waals surface area contributed by atoms with Gasteiger partial charge < -0.3 is 4.84 Å². The molecule has 1 unspecified atom stereocenters. The number of hydrogen-bond acceptors (Lipinski definition) is 2. The fourth-order valence-corrected chi connectivity index (χ4v) is 1.01. The fraction of sp³-hybridized carbons (Fsp3) is 0.889. The summed E-state index contributed by atoms with van der Waals surface area (Å²) in [6, 6.07) is 0. The number of nitrogens with zero attached hydrogens (tertiary/aromatic N) is 1. The van der Waals surface area contributed by atoms with Crippen LogP contribution in [0.5, 0.6) is 0 Å². The van der Waals surface area contributed by atoms with Gasteiger partial charge in [0.05, 0.1) is 5.71 Å². The Morgan fingerprint density at radius 2 is 2.18 bits per heavy atom. The Bertz CT molecular complexity index is 121. The van der Waals surface area contributed by atoms with Crippen molar-refractivity contribution in [3.63, 3.8) is 0 Å². The molecule has 0 aromatic heterocycles. The van der Waals surface area contributed by atoms with Crippen LogP contribution in [0.1, 0.15) is 47.0 Å². The van der Waals surface area contributed by atoms with Crippen molar-refractivity contribution in [2.45, 2.75) is 53.1 Å². The van der Waals surface area contributed by atoms with E-state index < -0.39 is 0 Å². The van der Waals surface area contributed by atoms with Crippen molar-refractivity contribution in [2.24, 2.45) is 5.16 Å². The first-order chi connectivity index (χ1) is 5.33. The second kappa shape index (κ2) is 6.20. The van der Waals surface area contributed by atoms with E-state index in [1.807, 2.05) is 20.8 Å². The van der Waals surface area contributed by atoms with E-state index in [4.69, 9.17) is 4.84 Å². The molecule has 0 amide bonds. The molecule has 2 heteroatoms. The van der Waals surface area contributed by atoms with Crippen LogP contribution < -0.4 is 0 Å². The van der Waals surface area contributed by atoms with Gasteiger partial charge in [0.2, 0.25) is 0 Å². The average molecular weight is 157 g/mol. The molecule has 0 spiro atoms. The lowest BCUT2D eigenvalue weighted by Crippen LogP contribution is -2.00. The molecule has 11 heavy (non-hydrogen) atoms. The minimum atomic E-state index is 0.326. The first-order valence-corrected chi connectivity index (χ1v) is 4.54. The third kappa shape index (κ3) is 4.02. The Hall–Kier alpha value is -0.530. The van der Waals surface area contributed by atoms with Crippen LogP contribution in [0, 0.1) is 0 Å². The van der Waals surface area contributed by atoms with Gasteiger partial charge in [0.25, 0.3) is 0 Å². The van der Waals surface area contributed by atoms with E-state index in [1.54, 1.807) is 0 Å². The maximum Gasteiger partial charge on any atom is 0.130 e. The predicted octanol–water partition coefficient (Wildman–Crippen LogP) is 2.98. The third-order valence-electron chi connectivity index (χ3n) is 1.42.